The molecule has 0 aliphatic heterocycles. The van der Waals surface area contributed by atoms with Gasteiger partial charge in [-0.3, -0.25) is 0 Å². The number of rotatable bonds is 4. The van der Waals surface area contributed by atoms with Crippen LogP contribution >= 0.6 is 35.8 Å². The Balaban J connectivity index is 2.04. The molecule has 17 heavy (non-hydrogen) atoms. The molecule has 0 spiro atoms. The molecule has 0 amide bonds. The lowest BCUT2D eigenvalue weighted by molar-refractivity contribution is 0.173. The van der Waals surface area contributed by atoms with Crippen LogP contribution in [0.4, 0.5) is 0 Å². The van der Waals surface area contributed by atoms with Gasteiger partial charge in [-0.1, -0.05) is 42.1 Å². The summed E-state index contributed by atoms with van der Waals surface area (Å²) in [5.74, 6) is 1.54. The van der Waals surface area contributed by atoms with E-state index in [1.165, 1.54) is 25.7 Å². The maximum Gasteiger partial charge on any atom is 0.139 e. The van der Waals surface area contributed by atoms with Gasteiger partial charge in [0.2, 0.25) is 0 Å². The molecule has 0 saturated heterocycles. The molecule has 0 aromatic heterocycles. The highest BCUT2D eigenvalue weighted by atomic mass is 35.5. The molecule has 1 aliphatic rings. The molecule has 1 saturated carbocycles. The molecule has 1 aromatic carbocycles. The van der Waals surface area contributed by atoms with E-state index in [2.05, 4.69) is 12.6 Å². The van der Waals surface area contributed by atoms with E-state index in [9.17, 15) is 0 Å². The third-order valence-corrected chi connectivity index (χ3v) is 4.92. The van der Waals surface area contributed by atoms with Crippen LogP contribution in [0, 0.1) is 5.41 Å². The van der Waals surface area contributed by atoms with Crippen molar-refractivity contribution in [1.29, 1.82) is 0 Å². The zero-order valence-corrected chi connectivity index (χ0v) is 12.0. The average molecular weight is 291 g/mol. The molecule has 4 heteroatoms. The van der Waals surface area contributed by atoms with Crippen LogP contribution in [-0.4, -0.2) is 12.4 Å². The topological polar surface area (TPSA) is 9.23 Å². The maximum atomic E-state index is 6.09. The van der Waals surface area contributed by atoms with Gasteiger partial charge < -0.3 is 4.74 Å². The summed E-state index contributed by atoms with van der Waals surface area (Å²) < 4.78 is 5.83. The Bertz CT molecular complexity index is 389. The molecule has 1 fully saturated rings. The molecule has 94 valence electrons. The highest BCUT2D eigenvalue weighted by Gasteiger charge is 2.33. The van der Waals surface area contributed by atoms with Crippen molar-refractivity contribution in [3.63, 3.8) is 0 Å². The van der Waals surface area contributed by atoms with Crippen LogP contribution in [0.1, 0.15) is 25.7 Å². The van der Waals surface area contributed by atoms with Crippen LogP contribution in [-0.2, 0) is 0 Å². The van der Waals surface area contributed by atoms with Crippen LogP contribution in [0.2, 0.25) is 10.0 Å². The minimum absolute atomic E-state index is 0.217. The van der Waals surface area contributed by atoms with Crippen LogP contribution in [0.15, 0.2) is 18.2 Å². The molecule has 0 N–H and O–H groups in total. The first-order valence-electron chi connectivity index (χ1n) is 5.85. The number of thiol groups is 1. The van der Waals surface area contributed by atoms with Gasteiger partial charge >= 0.3 is 0 Å². The van der Waals surface area contributed by atoms with E-state index in [0.29, 0.717) is 22.4 Å². The normalized spacial score (nSPS) is 18.3. The van der Waals surface area contributed by atoms with E-state index < -0.39 is 0 Å². The summed E-state index contributed by atoms with van der Waals surface area (Å²) in [5.41, 5.74) is 0.217. The molecular formula is C13H16Cl2OS. The van der Waals surface area contributed by atoms with Gasteiger partial charge in [0.15, 0.2) is 0 Å². The number of halogens is 2. The van der Waals surface area contributed by atoms with E-state index in [-0.39, 0.29) is 5.41 Å². The van der Waals surface area contributed by atoms with Crippen molar-refractivity contribution < 1.29 is 4.74 Å². The molecule has 0 bridgehead atoms. The highest BCUT2D eigenvalue weighted by molar-refractivity contribution is 7.80. The first-order chi connectivity index (χ1) is 8.17. The second-order valence-corrected chi connectivity index (χ2v) is 5.81. The van der Waals surface area contributed by atoms with E-state index in [1.807, 2.05) is 12.1 Å². The Kier molecular flexibility index (Phi) is 4.51. The Morgan fingerprint density at radius 1 is 1.24 bits per heavy atom. The highest BCUT2D eigenvalue weighted by Crippen LogP contribution is 2.40. The van der Waals surface area contributed by atoms with Crippen molar-refractivity contribution in [3.8, 4) is 5.75 Å². The van der Waals surface area contributed by atoms with Gasteiger partial charge in [-0.25, -0.2) is 0 Å². The SMILES string of the molecule is SCC1(COc2cccc(Cl)c2Cl)CCCC1. The summed E-state index contributed by atoms with van der Waals surface area (Å²) in [7, 11) is 0. The van der Waals surface area contributed by atoms with Gasteiger partial charge in [-0.2, -0.15) is 12.6 Å². The fourth-order valence-electron chi connectivity index (χ4n) is 2.30. The molecule has 1 aliphatic carbocycles. The first-order valence-corrected chi connectivity index (χ1v) is 7.23. The number of ether oxygens (including phenoxy) is 1. The van der Waals surface area contributed by atoms with Gasteiger partial charge in [0.05, 0.1) is 11.6 Å². The van der Waals surface area contributed by atoms with Crippen LogP contribution in [0.5, 0.6) is 5.75 Å². The van der Waals surface area contributed by atoms with Crippen molar-refractivity contribution in [3.05, 3.63) is 28.2 Å². The van der Waals surface area contributed by atoms with E-state index in [1.54, 1.807) is 6.07 Å². The Hall–Kier alpha value is -0.0500. The monoisotopic (exact) mass is 290 g/mol. The predicted octanol–water partition coefficient (Wildman–Crippen LogP) is 4.86. The standard InChI is InChI=1S/C13H16Cl2OS/c14-10-4-3-5-11(12(10)15)16-8-13(9-17)6-1-2-7-13/h3-5,17H,1-2,6-9H2. The van der Waals surface area contributed by atoms with Crippen molar-refractivity contribution in [2.75, 3.05) is 12.4 Å². The zero-order valence-electron chi connectivity index (χ0n) is 9.59. The van der Waals surface area contributed by atoms with Gasteiger partial charge in [0.25, 0.3) is 0 Å². The van der Waals surface area contributed by atoms with E-state index in [0.717, 1.165) is 5.75 Å². The average Bonchev–Trinajstić information content (AvgIpc) is 2.81. The number of hydrogen-bond donors (Lipinski definition) is 1. The molecule has 0 heterocycles. The summed E-state index contributed by atoms with van der Waals surface area (Å²) in [6.07, 6.45) is 4.92. The third-order valence-electron chi connectivity index (χ3n) is 3.45. The quantitative estimate of drug-likeness (QED) is 0.779. The summed E-state index contributed by atoms with van der Waals surface area (Å²) in [6, 6.07) is 5.47. The largest absolute Gasteiger partial charge is 0.491 e. The fourth-order valence-corrected chi connectivity index (χ4v) is 3.05. The Labute approximate surface area is 118 Å². The lowest BCUT2D eigenvalue weighted by atomic mass is 9.90. The van der Waals surface area contributed by atoms with Crippen LogP contribution in [0.25, 0.3) is 0 Å². The van der Waals surface area contributed by atoms with Crippen molar-refractivity contribution in [2.45, 2.75) is 25.7 Å². The first kappa shape index (κ1) is 13.4. The second-order valence-electron chi connectivity index (χ2n) is 4.71. The summed E-state index contributed by atoms with van der Waals surface area (Å²) in [4.78, 5) is 0. The Morgan fingerprint density at radius 3 is 2.59 bits per heavy atom. The molecule has 1 nitrogen and oxygen atoms in total. The zero-order chi connectivity index (χ0) is 12.3. The smallest absolute Gasteiger partial charge is 0.139 e. The third kappa shape index (κ3) is 3.04. The minimum Gasteiger partial charge on any atom is -0.491 e. The van der Waals surface area contributed by atoms with Gasteiger partial charge in [-0.05, 0) is 30.7 Å². The molecule has 2 rings (SSSR count). The molecule has 1 aromatic rings. The van der Waals surface area contributed by atoms with E-state index in [4.69, 9.17) is 27.9 Å². The van der Waals surface area contributed by atoms with Gasteiger partial charge in [-0.15, -0.1) is 0 Å². The minimum atomic E-state index is 0.217. The van der Waals surface area contributed by atoms with E-state index >= 15 is 0 Å². The molecule has 0 atom stereocenters. The van der Waals surface area contributed by atoms with Crippen molar-refractivity contribution >= 4 is 35.8 Å². The van der Waals surface area contributed by atoms with Gasteiger partial charge in [0.1, 0.15) is 10.8 Å². The predicted molar refractivity (Wildman–Crippen MR) is 76.7 cm³/mol. The van der Waals surface area contributed by atoms with Crippen LogP contribution < -0.4 is 4.74 Å². The molecule has 0 unspecified atom stereocenters. The lowest BCUT2D eigenvalue weighted by Gasteiger charge is -2.27. The van der Waals surface area contributed by atoms with Crippen LogP contribution in [0.3, 0.4) is 0 Å². The second kappa shape index (κ2) is 5.73. The van der Waals surface area contributed by atoms with Crippen molar-refractivity contribution in [2.24, 2.45) is 5.41 Å². The maximum absolute atomic E-state index is 6.09. The molecule has 0 radical (unpaired) electrons. The Morgan fingerprint density at radius 2 is 1.94 bits per heavy atom. The number of hydrogen-bond acceptors (Lipinski definition) is 2. The van der Waals surface area contributed by atoms with Gasteiger partial charge in [0, 0.05) is 5.41 Å². The summed E-state index contributed by atoms with van der Waals surface area (Å²) in [6.45, 7) is 0.677. The fraction of sp³-hybridized carbons (Fsp3) is 0.538. The lowest BCUT2D eigenvalue weighted by Crippen LogP contribution is -2.27. The summed E-state index contributed by atoms with van der Waals surface area (Å²) in [5, 5.41) is 1.04. The summed E-state index contributed by atoms with van der Waals surface area (Å²) >= 11 is 16.5. The molecular weight excluding hydrogens is 275 g/mol. The number of benzene rings is 1. The van der Waals surface area contributed by atoms with Crippen molar-refractivity contribution in [1.82, 2.24) is 0 Å².